The van der Waals surface area contributed by atoms with Crippen molar-refractivity contribution in [3.8, 4) is 5.75 Å². The number of rotatable bonds is 5. The number of carboxylic acids is 1. The summed E-state index contributed by atoms with van der Waals surface area (Å²) in [6.45, 7) is 0. The van der Waals surface area contributed by atoms with Crippen molar-refractivity contribution in [1.82, 2.24) is 0 Å². The highest BCUT2D eigenvalue weighted by atomic mass is 32.2. The number of para-hydroxylation sites is 1. The van der Waals surface area contributed by atoms with E-state index in [1.165, 1.54) is 25.3 Å². The van der Waals surface area contributed by atoms with E-state index < -0.39 is 10.9 Å². The van der Waals surface area contributed by atoms with Crippen molar-refractivity contribution < 1.29 is 19.6 Å². The molecular formula is C14H11NO5S. The fourth-order valence-electron chi connectivity index (χ4n) is 1.70. The lowest BCUT2D eigenvalue weighted by molar-refractivity contribution is -0.387. The molecular weight excluding hydrogens is 294 g/mol. The van der Waals surface area contributed by atoms with Crippen LogP contribution in [-0.2, 0) is 0 Å². The molecule has 0 atom stereocenters. The molecule has 2 aromatic carbocycles. The maximum atomic E-state index is 11.1. The normalized spacial score (nSPS) is 10.1. The first-order valence-electron chi connectivity index (χ1n) is 5.85. The van der Waals surface area contributed by atoms with Crippen molar-refractivity contribution in [3.63, 3.8) is 0 Å². The standard InChI is InChI=1S/C14H11NO5S/c1-20-11-4-2-3-5-12(11)21-13-8-9(14(16)17)6-7-10(13)15(18)19/h2-8H,1H3,(H,16,17). The van der Waals surface area contributed by atoms with Crippen LogP contribution in [0.1, 0.15) is 10.4 Å². The van der Waals surface area contributed by atoms with E-state index >= 15 is 0 Å². The zero-order valence-corrected chi connectivity index (χ0v) is 11.8. The Labute approximate surface area is 124 Å². The summed E-state index contributed by atoms with van der Waals surface area (Å²) in [5, 5.41) is 20.1. The van der Waals surface area contributed by atoms with Gasteiger partial charge in [-0.3, -0.25) is 10.1 Å². The van der Waals surface area contributed by atoms with E-state index in [9.17, 15) is 14.9 Å². The third kappa shape index (κ3) is 3.32. The smallest absolute Gasteiger partial charge is 0.335 e. The van der Waals surface area contributed by atoms with Crippen molar-refractivity contribution in [2.75, 3.05) is 7.11 Å². The summed E-state index contributed by atoms with van der Waals surface area (Å²) < 4.78 is 5.19. The van der Waals surface area contributed by atoms with Gasteiger partial charge in [-0.15, -0.1) is 0 Å². The van der Waals surface area contributed by atoms with Crippen LogP contribution in [0.3, 0.4) is 0 Å². The minimum Gasteiger partial charge on any atom is -0.496 e. The molecule has 21 heavy (non-hydrogen) atoms. The van der Waals surface area contributed by atoms with Crippen LogP contribution in [0.15, 0.2) is 52.3 Å². The Balaban J connectivity index is 2.48. The van der Waals surface area contributed by atoms with Gasteiger partial charge in [0.1, 0.15) is 5.75 Å². The van der Waals surface area contributed by atoms with E-state index in [1.54, 1.807) is 24.3 Å². The molecule has 0 saturated heterocycles. The summed E-state index contributed by atoms with van der Waals surface area (Å²) in [5.41, 5.74) is -0.145. The number of methoxy groups -OCH3 is 1. The molecule has 0 unspecified atom stereocenters. The van der Waals surface area contributed by atoms with Crippen LogP contribution in [0.4, 0.5) is 5.69 Å². The fourth-order valence-corrected chi connectivity index (χ4v) is 2.77. The van der Waals surface area contributed by atoms with Crippen molar-refractivity contribution >= 4 is 23.4 Å². The Morgan fingerprint density at radius 2 is 1.95 bits per heavy atom. The first-order valence-corrected chi connectivity index (χ1v) is 6.67. The van der Waals surface area contributed by atoms with E-state index in [4.69, 9.17) is 9.84 Å². The highest BCUT2D eigenvalue weighted by Gasteiger charge is 2.18. The molecule has 0 saturated carbocycles. The average molecular weight is 305 g/mol. The maximum Gasteiger partial charge on any atom is 0.335 e. The largest absolute Gasteiger partial charge is 0.496 e. The number of benzene rings is 2. The van der Waals surface area contributed by atoms with Gasteiger partial charge >= 0.3 is 5.97 Å². The summed E-state index contributed by atoms with van der Waals surface area (Å²) in [5.74, 6) is -0.565. The molecule has 6 nitrogen and oxygen atoms in total. The number of carbonyl (C=O) groups is 1. The van der Waals surface area contributed by atoms with Crippen molar-refractivity contribution in [2.24, 2.45) is 0 Å². The molecule has 0 heterocycles. The molecule has 0 aliphatic heterocycles. The van der Waals surface area contributed by atoms with Crippen LogP contribution in [0.2, 0.25) is 0 Å². The van der Waals surface area contributed by atoms with Crippen LogP contribution in [0, 0.1) is 10.1 Å². The molecule has 0 aromatic heterocycles. The van der Waals surface area contributed by atoms with Gasteiger partial charge in [0.15, 0.2) is 0 Å². The van der Waals surface area contributed by atoms with E-state index in [-0.39, 0.29) is 16.1 Å². The summed E-state index contributed by atoms with van der Waals surface area (Å²) in [6, 6.07) is 10.7. The molecule has 0 aliphatic rings. The SMILES string of the molecule is COc1ccccc1Sc1cc(C(=O)O)ccc1[N+](=O)[O-]. The third-order valence-corrected chi connectivity index (χ3v) is 3.80. The average Bonchev–Trinajstić information content (AvgIpc) is 2.47. The predicted octanol–water partition coefficient (Wildman–Crippen LogP) is 3.45. The Hall–Kier alpha value is -2.54. The molecule has 0 amide bonds. The number of nitrogens with zero attached hydrogens (tertiary/aromatic N) is 1. The van der Waals surface area contributed by atoms with Crippen molar-refractivity contribution in [2.45, 2.75) is 9.79 Å². The number of nitro benzene ring substituents is 1. The summed E-state index contributed by atoms with van der Waals surface area (Å²) >= 11 is 1.10. The Kier molecular flexibility index (Phi) is 4.44. The number of ether oxygens (including phenoxy) is 1. The Bertz CT molecular complexity index is 702. The zero-order chi connectivity index (χ0) is 15.4. The topological polar surface area (TPSA) is 89.7 Å². The minimum atomic E-state index is -1.13. The minimum absolute atomic E-state index is 0.00185. The third-order valence-electron chi connectivity index (χ3n) is 2.69. The summed E-state index contributed by atoms with van der Waals surface area (Å²) in [6.07, 6.45) is 0. The fraction of sp³-hybridized carbons (Fsp3) is 0.0714. The van der Waals surface area contributed by atoms with Crippen LogP contribution in [0.25, 0.3) is 0 Å². The second-order valence-electron chi connectivity index (χ2n) is 4.00. The molecule has 108 valence electrons. The van der Waals surface area contributed by atoms with Crippen LogP contribution in [0.5, 0.6) is 5.75 Å². The highest BCUT2D eigenvalue weighted by Crippen LogP contribution is 2.39. The maximum absolute atomic E-state index is 11.1. The number of aromatic carboxylic acids is 1. The van der Waals surface area contributed by atoms with Gasteiger partial charge in [-0.25, -0.2) is 4.79 Å². The Morgan fingerprint density at radius 3 is 2.57 bits per heavy atom. The molecule has 0 bridgehead atoms. The van der Waals surface area contributed by atoms with Gasteiger partial charge in [0.2, 0.25) is 0 Å². The Morgan fingerprint density at radius 1 is 1.24 bits per heavy atom. The second kappa shape index (κ2) is 6.27. The zero-order valence-electron chi connectivity index (χ0n) is 11.0. The molecule has 7 heteroatoms. The summed E-state index contributed by atoms with van der Waals surface area (Å²) in [4.78, 5) is 22.5. The molecule has 2 aromatic rings. The van der Waals surface area contributed by atoms with Crippen LogP contribution < -0.4 is 4.74 Å². The van der Waals surface area contributed by atoms with E-state index in [0.717, 1.165) is 11.8 Å². The number of hydrogen-bond acceptors (Lipinski definition) is 5. The highest BCUT2D eigenvalue weighted by molar-refractivity contribution is 7.99. The van der Waals surface area contributed by atoms with Gasteiger partial charge in [-0.1, -0.05) is 23.9 Å². The lowest BCUT2D eigenvalue weighted by atomic mass is 10.2. The number of carboxylic acid groups (broad SMARTS) is 1. The monoisotopic (exact) mass is 305 g/mol. The molecule has 0 fully saturated rings. The number of nitro groups is 1. The predicted molar refractivity (Wildman–Crippen MR) is 77.2 cm³/mol. The van der Waals surface area contributed by atoms with Crippen molar-refractivity contribution in [1.29, 1.82) is 0 Å². The molecule has 0 spiro atoms. The lowest BCUT2D eigenvalue weighted by Gasteiger charge is -2.08. The van der Waals surface area contributed by atoms with Crippen LogP contribution in [-0.4, -0.2) is 23.1 Å². The van der Waals surface area contributed by atoms with Gasteiger partial charge in [0.05, 0.1) is 27.4 Å². The van der Waals surface area contributed by atoms with E-state index in [2.05, 4.69) is 0 Å². The van der Waals surface area contributed by atoms with Gasteiger partial charge in [-0.2, -0.15) is 0 Å². The summed E-state index contributed by atoms with van der Waals surface area (Å²) in [7, 11) is 1.50. The van der Waals surface area contributed by atoms with Gasteiger partial charge in [0.25, 0.3) is 5.69 Å². The van der Waals surface area contributed by atoms with E-state index in [1.807, 2.05) is 0 Å². The number of hydrogen-bond donors (Lipinski definition) is 1. The molecule has 0 aliphatic carbocycles. The van der Waals surface area contributed by atoms with Gasteiger partial charge in [-0.05, 0) is 24.3 Å². The van der Waals surface area contributed by atoms with Gasteiger partial charge < -0.3 is 9.84 Å². The molecule has 2 rings (SSSR count). The first-order chi connectivity index (χ1) is 10.0. The van der Waals surface area contributed by atoms with E-state index in [0.29, 0.717) is 10.6 Å². The van der Waals surface area contributed by atoms with Crippen molar-refractivity contribution in [3.05, 3.63) is 58.1 Å². The first kappa shape index (κ1) is 14.9. The van der Waals surface area contributed by atoms with Crippen LogP contribution >= 0.6 is 11.8 Å². The van der Waals surface area contributed by atoms with Gasteiger partial charge in [0, 0.05) is 6.07 Å². The lowest BCUT2D eigenvalue weighted by Crippen LogP contribution is -1.98. The quantitative estimate of drug-likeness (QED) is 0.672. The molecule has 0 radical (unpaired) electrons. The molecule has 1 N–H and O–H groups in total. The second-order valence-corrected chi connectivity index (χ2v) is 5.08.